The summed E-state index contributed by atoms with van der Waals surface area (Å²) in [5.74, 6) is -0.150. The van der Waals surface area contributed by atoms with Crippen molar-refractivity contribution in [3.63, 3.8) is 0 Å². The number of nitrogens with zero attached hydrogens (tertiary/aromatic N) is 2. The summed E-state index contributed by atoms with van der Waals surface area (Å²) in [6.07, 6.45) is 2.67. The molecule has 0 aliphatic rings. The molecule has 0 saturated carbocycles. The number of amides is 1. The Bertz CT molecular complexity index is 590. The number of aryl methyl sites for hydroxylation is 1. The van der Waals surface area contributed by atoms with E-state index in [9.17, 15) is 4.79 Å². The number of rotatable bonds is 4. The third-order valence-corrected chi connectivity index (χ3v) is 3.51. The predicted octanol–water partition coefficient (Wildman–Crippen LogP) is 3.14. The molecule has 0 fully saturated rings. The summed E-state index contributed by atoms with van der Waals surface area (Å²) < 4.78 is 0. The van der Waals surface area contributed by atoms with Crippen LogP contribution in [0.3, 0.4) is 0 Å². The number of anilines is 1. The molecule has 0 aliphatic carbocycles. The molecular weight excluding hydrogens is 258 g/mol. The molecule has 2 rings (SSSR count). The zero-order valence-corrected chi connectivity index (χ0v) is 11.7. The highest BCUT2D eigenvalue weighted by Crippen LogP contribution is 2.16. The lowest BCUT2D eigenvalue weighted by Crippen LogP contribution is -2.12. The maximum absolute atomic E-state index is 12.0. The molecule has 98 valence electrons. The van der Waals surface area contributed by atoms with E-state index in [-0.39, 0.29) is 5.91 Å². The van der Waals surface area contributed by atoms with E-state index in [1.165, 1.54) is 11.3 Å². The number of carbonyl (C=O) groups is 1. The van der Waals surface area contributed by atoms with Crippen LogP contribution in [0.2, 0.25) is 0 Å². The molecule has 1 aromatic heterocycles. The fourth-order valence-corrected chi connectivity index (χ4v) is 2.18. The third kappa shape index (κ3) is 3.72. The van der Waals surface area contributed by atoms with Gasteiger partial charge in [0, 0.05) is 5.57 Å². The standard InChI is InChI=1S/C14H15N3OS/c1-3-12-16-17-14(19-12)15-13(18)10(2)9-11-7-5-4-6-8-11/h4-9H,3H2,1-2H3,(H,15,17,18). The number of benzene rings is 1. The number of nitrogens with one attached hydrogen (secondary N) is 1. The fourth-order valence-electron chi connectivity index (χ4n) is 1.51. The SMILES string of the molecule is CCc1nnc(NC(=O)C(C)=Cc2ccccc2)s1. The molecule has 0 aliphatic heterocycles. The van der Waals surface area contributed by atoms with Crippen LogP contribution in [0.1, 0.15) is 24.4 Å². The van der Waals surface area contributed by atoms with Crippen LogP contribution in [0.4, 0.5) is 5.13 Å². The molecule has 1 N–H and O–H groups in total. The summed E-state index contributed by atoms with van der Waals surface area (Å²) in [5, 5.41) is 12.1. The average molecular weight is 273 g/mol. The van der Waals surface area contributed by atoms with Gasteiger partial charge in [0.25, 0.3) is 5.91 Å². The Hall–Kier alpha value is -2.01. The Morgan fingerprint density at radius 2 is 2.05 bits per heavy atom. The van der Waals surface area contributed by atoms with Crippen LogP contribution in [0.5, 0.6) is 0 Å². The van der Waals surface area contributed by atoms with Crippen molar-refractivity contribution in [3.05, 3.63) is 46.5 Å². The van der Waals surface area contributed by atoms with E-state index in [4.69, 9.17) is 0 Å². The largest absolute Gasteiger partial charge is 0.297 e. The Labute approximate surface area is 116 Å². The number of hydrogen-bond acceptors (Lipinski definition) is 4. The Balaban J connectivity index is 2.05. The van der Waals surface area contributed by atoms with Gasteiger partial charge < -0.3 is 0 Å². The van der Waals surface area contributed by atoms with Crippen molar-refractivity contribution in [2.24, 2.45) is 0 Å². The van der Waals surface area contributed by atoms with Crippen molar-refractivity contribution >= 4 is 28.5 Å². The van der Waals surface area contributed by atoms with Gasteiger partial charge >= 0.3 is 0 Å². The van der Waals surface area contributed by atoms with Crippen LogP contribution in [0, 0.1) is 0 Å². The van der Waals surface area contributed by atoms with Gasteiger partial charge in [0.1, 0.15) is 5.01 Å². The van der Waals surface area contributed by atoms with E-state index in [0.29, 0.717) is 10.7 Å². The lowest BCUT2D eigenvalue weighted by atomic mass is 10.1. The van der Waals surface area contributed by atoms with Crippen molar-refractivity contribution < 1.29 is 4.79 Å². The molecule has 0 spiro atoms. The number of aromatic nitrogens is 2. The van der Waals surface area contributed by atoms with E-state index < -0.39 is 0 Å². The van der Waals surface area contributed by atoms with E-state index in [1.54, 1.807) is 6.92 Å². The van der Waals surface area contributed by atoms with Gasteiger partial charge in [-0.05, 0) is 25.0 Å². The Morgan fingerprint density at radius 3 is 2.68 bits per heavy atom. The van der Waals surface area contributed by atoms with E-state index in [2.05, 4.69) is 15.5 Å². The van der Waals surface area contributed by atoms with Crippen LogP contribution in [-0.4, -0.2) is 16.1 Å². The minimum atomic E-state index is -0.150. The smallest absolute Gasteiger partial charge is 0.253 e. The summed E-state index contributed by atoms with van der Waals surface area (Å²) in [6, 6.07) is 9.73. The molecule has 2 aromatic rings. The van der Waals surface area contributed by atoms with Crippen LogP contribution >= 0.6 is 11.3 Å². The lowest BCUT2D eigenvalue weighted by Gasteiger charge is -2.01. The Morgan fingerprint density at radius 1 is 1.32 bits per heavy atom. The zero-order chi connectivity index (χ0) is 13.7. The molecule has 0 unspecified atom stereocenters. The topological polar surface area (TPSA) is 54.9 Å². The van der Waals surface area contributed by atoms with Gasteiger partial charge in [-0.15, -0.1) is 10.2 Å². The second-order valence-corrected chi connectivity index (χ2v) is 5.11. The number of hydrogen-bond donors (Lipinski definition) is 1. The van der Waals surface area contributed by atoms with Crippen LogP contribution in [0.25, 0.3) is 6.08 Å². The molecule has 1 aromatic carbocycles. The normalized spacial score (nSPS) is 11.4. The van der Waals surface area contributed by atoms with Gasteiger partial charge in [0.2, 0.25) is 5.13 Å². The van der Waals surface area contributed by atoms with Gasteiger partial charge in [-0.3, -0.25) is 10.1 Å². The molecule has 0 atom stereocenters. The van der Waals surface area contributed by atoms with Gasteiger partial charge in [-0.25, -0.2) is 0 Å². The molecule has 1 heterocycles. The molecule has 19 heavy (non-hydrogen) atoms. The van der Waals surface area contributed by atoms with E-state index in [0.717, 1.165) is 17.0 Å². The molecular formula is C14H15N3OS. The van der Waals surface area contributed by atoms with Crippen molar-refractivity contribution in [1.82, 2.24) is 10.2 Å². The van der Waals surface area contributed by atoms with Crippen LogP contribution in [-0.2, 0) is 11.2 Å². The first-order valence-electron chi connectivity index (χ1n) is 6.06. The first kappa shape index (κ1) is 13.4. The lowest BCUT2D eigenvalue weighted by molar-refractivity contribution is -0.112. The summed E-state index contributed by atoms with van der Waals surface area (Å²) >= 11 is 1.40. The van der Waals surface area contributed by atoms with Crippen molar-refractivity contribution in [3.8, 4) is 0 Å². The second kappa shape index (κ2) is 6.24. The predicted molar refractivity (Wildman–Crippen MR) is 78.0 cm³/mol. The van der Waals surface area contributed by atoms with Gasteiger partial charge in [0.05, 0.1) is 0 Å². The summed E-state index contributed by atoms with van der Waals surface area (Å²) in [4.78, 5) is 12.0. The van der Waals surface area contributed by atoms with Gasteiger partial charge in [-0.1, -0.05) is 48.6 Å². The molecule has 0 radical (unpaired) electrons. The second-order valence-electron chi connectivity index (χ2n) is 4.05. The summed E-state index contributed by atoms with van der Waals surface area (Å²) in [6.45, 7) is 3.79. The molecule has 1 amide bonds. The Kier molecular flexibility index (Phi) is 4.41. The maximum atomic E-state index is 12.0. The third-order valence-electron chi connectivity index (χ3n) is 2.53. The maximum Gasteiger partial charge on any atom is 0.253 e. The minimum Gasteiger partial charge on any atom is -0.297 e. The van der Waals surface area contributed by atoms with Crippen LogP contribution < -0.4 is 5.32 Å². The average Bonchev–Trinajstić information content (AvgIpc) is 2.87. The number of carbonyl (C=O) groups excluding carboxylic acids is 1. The van der Waals surface area contributed by atoms with Gasteiger partial charge in [0.15, 0.2) is 0 Å². The van der Waals surface area contributed by atoms with Crippen molar-refractivity contribution in [2.45, 2.75) is 20.3 Å². The highest BCUT2D eigenvalue weighted by atomic mass is 32.1. The summed E-state index contributed by atoms with van der Waals surface area (Å²) in [7, 11) is 0. The minimum absolute atomic E-state index is 0.150. The first-order chi connectivity index (χ1) is 9.19. The van der Waals surface area contributed by atoms with Gasteiger partial charge in [-0.2, -0.15) is 0 Å². The first-order valence-corrected chi connectivity index (χ1v) is 6.87. The monoisotopic (exact) mass is 273 g/mol. The van der Waals surface area contributed by atoms with Crippen molar-refractivity contribution in [2.75, 3.05) is 5.32 Å². The van der Waals surface area contributed by atoms with E-state index >= 15 is 0 Å². The fraction of sp³-hybridized carbons (Fsp3) is 0.214. The highest BCUT2D eigenvalue weighted by molar-refractivity contribution is 7.15. The molecule has 0 saturated heterocycles. The highest BCUT2D eigenvalue weighted by Gasteiger charge is 2.08. The summed E-state index contributed by atoms with van der Waals surface area (Å²) in [5.41, 5.74) is 1.64. The zero-order valence-electron chi connectivity index (χ0n) is 10.9. The molecule has 4 nitrogen and oxygen atoms in total. The quantitative estimate of drug-likeness (QED) is 0.871. The molecule has 0 bridgehead atoms. The van der Waals surface area contributed by atoms with Crippen LogP contribution in [0.15, 0.2) is 35.9 Å². The van der Waals surface area contributed by atoms with Crippen molar-refractivity contribution in [1.29, 1.82) is 0 Å². The molecule has 5 heteroatoms. The van der Waals surface area contributed by atoms with E-state index in [1.807, 2.05) is 43.3 Å².